The molecule has 0 spiro atoms. The van der Waals surface area contributed by atoms with E-state index in [1.807, 2.05) is 6.92 Å². The molecule has 1 aromatic rings. The predicted molar refractivity (Wildman–Crippen MR) is 71.7 cm³/mol. The molecule has 2 atom stereocenters. The second-order valence-electron chi connectivity index (χ2n) is 3.76. The van der Waals surface area contributed by atoms with E-state index in [2.05, 4.69) is 0 Å². The van der Waals surface area contributed by atoms with Crippen LogP contribution < -0.4 is 15.2 Å². The Morgan fingerprint density at radius 2 is 1.89 bits per heavy atom. The maximum absolute atomic E-state index is 9.90. The van der Waals surface area contributed by atoms with E-state index in [4.69, 9.17) is 15.2 Å². The van der Waals surface area contributed by atoms with Gasteiger partial charge in [-0.25, -0.2) is 0 Å². The van der Waals surface area contributed by atoms with E-state index in [1.165, 1.54) is 20.3 Å². The van der Waals surface area contributed by atoms with E-state index in [9.17, 15) is 10.2 Å². The van der Waals surface area contributed by atoms with Crippen LogP contribution in [0.2, 0.25) is 0 Å². The highest BCUT2D eigenvalue weighted by Gasteiger charge is 2.23. The van der Waals surface area contributed by atoms with Crippen molar-refractivity contribution in [3.63, 3.8) is 0 Å². The van der Waals surface area contributed by atoms with Crippen LogP contribution in [0.4, 0.5) is 0 Å². The second-order valence-corrected chi connectivity index (χ2v) is 3.76. The van der Waals surface area contributed by atoms with Crippen LogP contribution in [-0.4, -0.2) is 30.5 Å². The first-order valence-electron chi connectivity index (χ1n) is 5.43. The standard InChI is InChI=1S/C12H19NO4.ClH/c1-4-8(14)12(13)11-9(15)5-7(16-2)6-10(11)17-3;/h5-6,8,12,14-15H,4,13H2,1-3H3;1H/t8-,12-;/m0./s1. The van der Waals surface area contributed by atoms with E-state index in [0.717, 1.165) is 0 Å². The van der Waals surface area contributed by atoms with Crippen molar-refractivity contribution in [1.82, 2.24) is 0 Å². The summed E-state index contributed by atoms with van der Waals surface area (Å²) < 4.78 is 10.2. The van der Waals surface area contributed by atoms with Crippen molar-refractivity contribution in [2.45, 2.75) is 25.5 Å². The van der Waals surface area contributed by atoms with Gasteiger partial charge in [0.2, 0.25) is 0 Å². The highest BCUT2D eigenvalue weighted by atomic mass is 35.5. The Balaban J connectivity index is 0.00000289. The molecule has 18 heavy (non-hydrogen) atoms. The molecule has 0 heterocycles. The van der Waals surface area contributed by atoms with Crippen LogP contribution in [-0.2, 0) is 0 Å². The van der Waals surface area contributed by atoms with Crippen molar-refractivity contribution in [3.8, 4) is 17.2 Å². The number of aliphatic hydroxyl groups excluding tert-OH is 1. The molecule has 0 aliphatic heterocycles. The van der Waals surface area contributed by atoms with Crippen molar-refractivity contribution in [1.29, 1.82) is 0 Å². The number of benzene rings is 1. The number of rotatable bonds is 5. The van der Waals surface area contributed by atoms with E-state index in [-0.39, 0.29) is 18.2 Å². The topological polar surface area (TPSA) is 84.9 Å². The lowest BCUT2D eigenvalue weighted by Crippen LogP contribution is -2.26. The largest absolute Gasteiger partial charge is 0.507 e. The van der Waals surface area contributed by atoms with E-state index >= 15 is 0 Å². The fraction of sp³-hybridized carbons (Fsp3) is 0.500. The highest BCUT2D eigenvalue weighted by molar-refractivity contribution is 5.85. The summed E-state index contributed by atoms with van der Waals surface area (Å²) in [5, 5.41) is 19.6. The first kappa shape index (κ1) is 16.8. The van der Waals surface area contributed by atoms with Crippen LogP contribution in [0.25, 0.3) is 0 Å². The molecule has 0 saturated carbocycles. The highest BCUT2D eigenvalue weighted by Crippen LogP contribution is 2.38. The molecule has 104 valence electrons. The third kappa shape index (κ3) is 3.41. The predicted octanol–water partition coefficient (Wildman–Crippen LogP) is 1.60. The lowest BCUT2D eigenvalue weighted by molar-refractivity contribution is 0.138. The molecule has 5 nitrogen and oxygen atoms in total. The van der Waals surface area contributed by atoms with Gasteiger partial charge in [-0.05, 0) is 6.42 Å². The van der Waals surface area contributed by atoms with Gasteiger partial charge in [0.15, 0.2) is 0 Å². The fourth-order valence-electron chi connectivity index (χ4n) is 1.66. The van der Waals surface area contributed by atoms with Gasteiger partial charge in [-0.3, -0.25) is 0 Å². The molecule has 1 aromatic carbocycles. The summed E-state index contributed by atoms with van der Waals surface area (Å²) in [6, 6.07) is 2.37. The van der Waals surface area contributed by atoms with Gasteiger partial charge in [-0.1, -0.05) is 6.92 Å². The molecule has 0 fully saturated rings. The van der Waals surface area contributed by atoms with Gasteiger partial charge in [0, 0.05) is 12.1 Å². The number of hydrogen-bond donors (Lipinski definition) is 3. The van der Waals surface area contributed by atoms with Crippen LogP contribution in [0, 0.1) is 0 Å². The summed E-state index contributed by atoms with van der Waals surface area (Å²) in [4.78, 5) is 0. The monoisotopic (exact) mass is 277 g/mol. The molecule has 0 saturated heterocycles. The van der Waals surface area contributed by atoms with Crippen LogP contribution in [0.15, 0.2) is 12.1 Å². The van der Waals surface area contributed by atoms with E-state index in [0.29, 0.717) is 23.5 Å². The quantitative estimate of drug-likeness (QED) is 0.761. The molecule has 0 bridgehead atoms. The van der Waals surface area contributed by atoms with E-state index < -0.39 is 12.1 Å². The SMILES string of the molecule is CC[C@H](O)[C@H](N)c1c(O)cc(OC)cc1OC.Cl. The first-order chi connectivity index (χ1) is 8.04. The molecule has 0 aromatic heterocycles. The zero-order valence-electron chi connectivity index (χ0n) is 10.7. The number of phenols is 1. The molecule has 0 radical (unpaired) electrons. The summed E-state index contributed by atoms with van der Waals surface area (Å²) in [6.07, 6.45) is -0.237. The van der Waals surface area contributed by atoms with Crippen LogP contribution in [0.5, 0.6) is 17.2 Å². The zero-order valence-corrected chi connectivity index (χ0v) is 11.5. The van der Waals surface area contributed by atoms with Gasteiger partial charge in [-0.2, -0.15) is 0 Å². The van der Waals surface area contributed by atoms with Gasteiger partial charge in [0.25, 0.3) is 0 Å². The van der Waals surface area contributed by atoms with Crippen molar-refractivity contribution in [2.24, 2.45) is 5.73 Å². The minimum atomic E-state index is -0.733. The van der Waals surface area contributed by atoms with Crippen molar-refractivity contribution in [2.75, 3.05) is 14.2 Å². The maximum Gasteiger partial charge on any atom is 0.131 e. The third-order valence-electron chi connectivity index (χ3n) is 2.72. The number of halogens is 1. The number of methoxy groups -OCH3 is 2. The minimum Gasteiger partial charge on any atom is -0.507 e. The van der Waals surface area contributed by atoms with Gasteiger partial charge in [-0.15, -0.1) is 12.4 Å². The van der Waals surface area contributed by atoms with E-state index in [1.54, 1.807) is 6.07 Å². The third-order valence-corrected chi connectivity index (χ3v) is 2.72. The van der Waals surface area contributed by atoms with Gasteiger partial charge < -0.3 is 25.4 Å². The van der Waals surface area contributed by atoms with Crippen molar-refractivity contribution >= 4 is 12.4 Å². The molecule has 4 N–H and O–H groups in total. The second kappa shape index (κ2) is 7.31. The number of ether oxygens (including phenoxy) is 2. The van der Waals surface area contributed by atoms with Crippen LogP contribution in [0.1, 0.15) is 24.9 Å². The first-order valence-corrected chi connectivity index (χ1v) is 5.43. The lowest BCUT2D eigenvalue weighted by atomic mass is 9.98. The normalized spacial score (nSPS) is 13.4. The number of aliphatic hydroxyl groups is 1. The summed E-state index contributed by atoms with van der Waals surface area (Å²) >= 11 is 0. The Bertz CT molecular complexity index is 387. The molecule has 1 rings (SSSR count). The average molecular weight is 278 g/mol. The summed E-state index contributed by atoms with van der Waals surface area (Å²) in [6.45, 7) is 1.82. The van der Waals surface area contributed by atoms with Crippen molar-refractivity contribution in [3.05, 3.63) is 17.7 Å². The Morgan fingerprint density at radius 1 is 1.28 bits per heavy atom. The van der Waals surface area contributed by atoms with Crippen LogP contribution >= 0.6 is 12.4 Å². The van der Waals surface area contributed by atoms with Crippen LogP contribution in [0.3, 0.4) is 0 Å². The summed E-state index contributed by atoms with van der Waals surface area (Å²) in [7, 11) is 2.97. The zero-order chi connectivity index (χ0) is 13.0. The Labute approximate surface area is 113 Å². The van der Waals surface area contributed by atoms with Gasteiger partial charge in [0.05, 0.1) is 31.9 Å². The summed E-state index contributed by atoms with van der Waals surface area (Å²) in [5.41, 5.74) is 6.28. The Hall–Kier alpha value is -1.17. The average Bonchev–Trinajstić information content (AvgIpc) is 2.35. The molecule has 0 aliphatic carbocycles. The lowest BCUT2D eigenvalue weighted by Gasteiger charge is -2.21. The minimum absolute atomic E-state index is 0. The Morgan fingerprint density at radius 3 is 2.33 bits per heavy atom. The van der Waals surface area contributed by atoms with Gasteiger partial charge in [0.1, 0.15) is 17.2 Å². The number of hydrogen-bond acceptors (Lipinski definition) is 5. The smallest absolute Gasteiger partial charge is 0.131 e. The van der Waals surface area contributed by atoms with Gasteiger partial charge >= 0.3 is 0 Å². The molecule has 6 heteroatoms. The number of phenolic OH excluding ortho intramolecular Hbond substituents is 1. The molecule has 0 unspecified atom stereocenters. The maximum atomic E-state index is 9.90. The Kier molecular flexibility index (Phi) is 6.83. The molecular formula is C12H20ClNO4. The summed E-state index contributed by atoms with van der Waals surface area (Å²) in [5.74, 6) is 0.837. The fourth-order valence-corrected chi connectivity index (χ4v) is 1.66. The molecule has 0 amide bonds. The number of aromatic hydroxyl groups is 1. The molecular weight excluding hydrogens is 258 g/mol. The van der Waals surface area contributed by atoms with Crippen molar-refractivity contribution < 1.29 is 19.7 Å². The molecule has 0 aliphatic rings. The number of nitrogens with two attached hydrogens (primary N) is 1.